The maximum absolute atomic E-state index is 11.7. The number of amides is 1. The maximum atomic E-state index is 11.7. The highest BCUT2D eigenvalue weighted by Crippen LogP contribution is 2.24. The van der Waals surface area contributed by atoms with Gasteiger partial charge in [-0.2, -0.15) is 11.3 Å². The van der Waals surface area contributed by atoms with Crippen LogP contribution in [0.25, 0.3) is 6.08 Å². The van der Waals surface area contributed by atoms with E-state index >= 15 is 0 Å². The minimum Gasteiger partial charge on any atom is -0.383 e. The third-order valence-corrected chi connectivity index (χ3v) is 4.45. The Morgan fingerprint density at radius 3 is 2.95 bits per heavy atom. The molecule has 0 unspecified atom stereocenters. The van der Waals surface area contributed by atoms with Crippen molar-refractivity contribution in [1.29, 1.82) is 0 Å². The van der Waals surface area contributed by atoms with Crippen LogP contribution in [0.5, 0.6) is 0 Å². The molecule has 5 heteroatoms. The summed E-state index contributed by atoms with van der Waals surface area (Å²) in [7, 11) is 0. The second-order valence-electron chi connectivity index (χ2n) is 4.36. The molecule has 0 aliphatic rings. The minimum absolute atomic E-state index is 0.195. The molecule has 0 fully saturated rings. The SMILES string of the molecule is C[C@](O)(CNC(=O)/C=C/c1ccsc1)c1cccs1. The molecule has 19 heavy (non-hydrogen) atoms. The van der Waals surface area contributed by atoms with Gasteiger partial charge in [-0.05, 0) is 46.8 Å². The summed E-state index contributed by atoms with van der Waals surface area (Å²) in [5, 5.41) is 18.8. The molecule has 1 atom stereocenters. The number of thiophene rings is 2. The molecule has 0 bridgehead atoms. The normalized spacial score (nSPS) is 14.4. The zero-order valence-electron chi connectivity index (χ0n) is 10.5. The van der Waals surface area contributed by atoms with E-state index in [2.05, 4.69) is 5.32 Å². The first kappa shape index (κ1) is 14.0. The van der Waals surface area contributed by atoms with Crippen LogP contribution in [-0.2, 0) is 10.4 Å². The van der Waals surface area contributed by atoms with E-state index in [1.54, 1.807) is 24.3 Å². The third kappa shape index (κ3) is 4.02. The first-order chi connectivity index (χ1) is 9.08. The summed E-state index contributed by atoms with van der Waals surface area (Å²) in [6.45, 7) is 1.89. The molecule has 1 amide bonds. The first-order valence-corrected chi connectivity index (χ1v) is 7.65. The third-order valence-electron chi connectivity index (χ3n) is 2.63. The van der Waals surface area contributed by atoms with Crippen LogP contribution < -0.4 is 5.32 Å². The summed E-state index contributed by atoms with van der Waals surface area (Å²) in [6.07, 6.45) is 3.23. The highest BCUT2D eigenvalue weighted by molar-refractivity contribution is 7.10. The minimum atomic E-state index is -1.03. The zero-order chi connectivity index (χ0) is 13.7. The molecule has 2 aromatic rings. The number of hydrogen-bond acceptors (Lipinski definition) is 4. The average Bonchev–Trinajstić information content (AvgIpc) is 3.06. The molecule has 0 spiro atoms. The van der Waals surface area contributed by atoms with Crippen molar-refractivity contribution >= 4 is 34.7 Å². The molecule has 2 rings (SSSR count). The van der Waals surface area contributed by atoms with Crippen LogP contribution in [0, 0.1) is 0 Å². The van der Waals surface area contributed by atoms with Crippen molar-refractivity contribution in [3.63, 3.8) is 0 Å². The molecule has 2 N–H and O–H groups in total. The van der Waals surface area contributed by atoms with Gasteiger partial charge in [0.15, 0.2) is 0 Å². The lowest BCUT2D eigenvalue weighted by atomic mass is 10.1. The van der Waals surface area contributed by atoms with E-state index < -0.39 is 5.60 Å². The quantitative estimate of drug-likeness (QED) is 0.833. The Morgan fingerprint density at radius 1 is 1.47 bits per heavy atom. The fraction of sp³-hybridized carbons (Fsp3) is 0.214. The van der Waals surface area contributed by atoms with Gasteiger partial charge in [-0.1, -0.05) is 6.07 Å². The first-order valence-electron chi connectivity index (χ1n) is 5.82. The van der Waals surface area contributed by atoms with Crippen LogP contribution in [0.15, 0.2) is 40.4 Å². The summed E-state index contributed by atoms with van der Waals surface area (Å²) >= 11 is 3.06. The molecular weight excluding hydrogens is 278 g/mol. The Balaban J connectivity index is 1.87. The van der Waals surface area contributed by atoms with Crippen LogP contribution in [0.4, 0.5) is 0 Å². The second-order valence-corrected chi connectivity index (χ2v) is 6.09. The van der Waals surface area contributed by atoms with Crippen LogP contribution in [0.3, 0.4) is 0 Å². The molecule has 0 aliphatic carbocycles. The Bertz CT molecular complexity index is 542. The number of rotatable bonds is 5. The summed E-state index contributed by atoms with van der Waals surface area (Å²) < 4.78 is 0. The lowest BCUT2D eigenvalue weighted by Crippen LogP contribution is -2.37. The predicted octanol–water partition coefficient (Wildman–Crippen LogP) is 2.85. The lowest BCUT2D eigenvalue weighted by molar-refractivity contribution is -0.117. The molecule has 2 aromatic heterocycles. The molecule has 0 aliphatic heterocycles. The van der Waals surface area contributed by atoms with Gasteiger partial charge in [0.25, 0.3) is 0 Å². The fourth-order valence-corrected chi connectivity index (χ4v) is 2.95. The Hall–Kier alpha value is -1.43. The summed E-state index contributed by atoms with van der Waals surface area (Å²) in [6, 6.07) is 5.68. The number of carbonyl (C=O) groups is 1. The van der Waals surface area contributed by atoms with Gasteiger partial charge in [-0.25, -0.2) is 0 Å². The summed E-state index contributed by atoms with van der Waals surface area (Å²) in [5.41, 5.74) is -0.0229. The molecular formula is C14H15NO2S2. The topological polar surface area (TPSA) is 49.3 Å². The van der Waals surface area contributed by atoms with Crippen molar-refractivity contribution in [3.05, 3.63) is 50.9 Å². The predicted molar refractivity (Wildman–Crippen MR) is 80.3 cm³/mol. The van der Waals surface area contributed by atoms with Crippen molar-refractivity contribution in [2.24, 2.45) is 0 Å². The van der Waals surface area contributed by atoms with Gasteiger partial charge in [0, 0.05) is 11.0 Å². The van der Waals surface area contributed by atoms with E-state index in [4.69, 9.17) is 0 Å². The van der Waals surface area contributed by atoms with Crippen molar-refractivity contribution in [2.75, 3.05) is 6.54 Å². The molecule has 100 valence electrons. The summed E-state index contributed by atoms with van der Waals surface area (Å²) in [5.74, 6) is -0.206. The van der Waals surface area contributed by atoms with Gasteiger partial charge >= 0.3 is 0 Å². The van der Waals surface area contributed by atoms with Gasteiger partial charge < -0.3 is 10.4 Å². The lowest BCUT2D eigenvalue weighted by Gasteiger charge is -2.21. The molecule has 0 saturated carbocycles. The molecule has 0 saturated heterocycles. The highest BCUT2D eigenvalue weighted by Gasteiger charge is 2.24. The summed E-state index contributed by atoms with van der Waals surface area (Å²) in [4.78, 5) is 12.5. The largest absolute Gasteiger partial charge is 0.383 e. The van der Waals surface area contributed by atoms with Crippen LogP contribution in [0.1, 0.15) is 17.4 Å². The van der Waals surface area contributed by atoms with Crippen molar-refractivity contribution < 1.29 is 9.90 Å². The average molecular weight is 293 g/mol. The molecule has 0 aromatic carbocycles. The van der Waals surface area contributed by atoms with E-state index in [9.17, 15) is 9.90 Å². The second kappa shape index (κ2) is 6.14. The standard InChI is InChI=1S/C14H15NO2S2/c1-14(17,12-3-2-7-19-12)10-15-13(16)5-4-11-6-8-18-9-11/h2-9,17H,10H2,1H3,(H,15,16)/b5-4+/t14-/m0/s1. The van der Waals surface area contributed by atoms with Crippen LogP contribution in [0.2, 0.25) is 0 Å². The van der Waals surface area contributed by atoms with Crippen LogP contribution in [-0.4, -0.2) is 17.6 Å². The maximum Gasteiger partial charge on any atom is 0.244 e. The molecule has 0 radical (unpaired) electrons. The van der Waals surface area contributed by atoms with Crippen molar-refractivity contribution in [3.8, 4) is 0 Å². The van der Waals surface area contributed by atoms with Gasteiger partial charge in [0.2, 0.25) is 5.91 Å². The smallest absolute Gasteiger partial charge is 0.244 e. The monoisotopic (exact) mass is 293 g/mol. The Morgan fingerprint density at radius 2 is 2.32 bits per heavy atom. The van der Waals surface area contributed by atoms with E-state index in [-0.39, 0.29) is 12.5 Å². The number of nitrogens with one attached hydrogen (secondary N) is 1. The van der Waals surface area contributed by atoms with E-state index in [1.807, 2.05) is 34.3 Å². The number of carbonyl (C=O) groups excluding carboxylic acids is 1. The fourth-order valence-electron chi connectivity index (χ4n) is 1.53. The Labute approximate surface area is 120 Å². The van der Waals surface area contributed by atoms with Gasteiger partial charge in [-0.3, -0.25) is 4.79 Å². The number of hydrogen-bond donors (Lipinski definition) is 2. The van der Waals surface area contributed by atoms with Crippen LogP contribution >= 0.6 is 22.7 Å². The number of aliphatic hydroxyl groups is 1. The van der Waals surface area contributed by atoms with Crippen molar-refractivity contribution in [1.82, 2.24) is 5.32 Å². The van der Waals surface area contributed by atoms with Gasteiger partial charge in [0.1, 0.15) is 5.60 Å². The van der Waals surface area contributed by atoms with Gasteiger partial charge in [-0.15, -0.1) is 11.3 Å². The van der Waals surface area contributed by atoms with E-state index in [0.717, 1.165) is 10.4 Å². The molecule has 2 heterocycles. The zero-order valence-corrected chi connectivity index (χ0v) is 12.1. The van der Waals surface area contributed by atoms with E-state index in [0.29, 0.717) is 0 Å². The molecule has 3 nitrogen and oxygen atoms in total. The van der Waals surface area contributed by atoms with E-state index in [1.165, 1.54) is 17.4 Å². The highest BCUT2D eigenvalue weighted by atomic mass is 32.1. The van der Waals surface area contributed by atoms with Gasteiger partial charge in [0.05, 0.1) is 6.54 Å². The Kier molecular flexibility index (Phi) is 4.52. The van der Waals surface area contributed by atoms with Crippen molar-refractivity contribution in [2.45, 2.75) is 12.5 Å².